The van der Waals surface area contributed by atoms with Gasteiger partial charge in [-0.25, -0.2) is 18.4 Å². The fourth-order valence-corrected chi connectivity index (χ4v) is 3.90. The molecule has 10 heteroatoms. The number of hydrogen-bond donors (Lipinski definition) is 4. The largest absolute Gasteiger partial charge is 0.326 e. The Hall–Kier alpha value is -2.72. The molecule has 120 valence electrons. The van der Waals surface area contributed by atoms with Crippen LogP contribution >= 0.6 is 0 Å². The van der Waals surface area contributed by atoms with E-state index in [4.69, 9.17) is 5.14 Å². The van der Waals surface area contributed by atoms with Crippen molar-refractivity contribution in [3.8, 4) is 11.1 Å². The molecule has 0 amide bonds. The zero-order chi connectivity index (χ0) is 16.9. The summed E-state index contributed by atoms with van der Waals surface area (Å²) >= 11 is 0. The summed E-state index contributed by atoms with van der Waals surface area (Å²) in [7, 11) is -4.12. The molecule has 2 heterocycles. The number of aryl methyl sites for hydroxylation is 2. The second kappa shape index (κ2) is 4.89. The molecule has 0 saturated carbocycles. The normalized spacial score (nSPS) is 12.0. The SMILES string of the molecule is Cc1c(-c2cn[nH]c2)c(S(N)(=O)=O)c(C)c2c(=O)[nH]c(=O)[nH]c12. The third-order valence-electron chi connectivity index (χ3n) is 3.71. The van der Waals surface area contributed by atoms with Crippen molar-refractivity contribution in [2.75, 3.05) is 0 Å². The maximum atomic E-state index is 12.1. The lowest BCUT2D eigenvalue weighted by Crippen LogP contribution is -2.25. The van der Waals surface area contributed by atoms with Crippen molar-refractivity contribution in [3.05, 3.63) is 44.4 Å². The van der Waals surface area contributed by atoms with E-state index in [-0.39, 0.29) is 21.4 Å². The third-order valence-corrected chi connectivity index (χ3v) is 4.79. The van der Waals surface area contributed by atoms with Crippen LogP contribution in [0.15, 0.2) is 26.9 Å². The fraction of sp³-hybridized carbons (Fsp3) is 0.154. The van der Waals surface area contributed by atoms with E-state index in [0.29, 0.717) is 16.7 Å². The Morgan fingerprint density at radius 3 is 2.39 bits per heavy atom. The number of nitrogens with one attached hydrogen (secondary N) is 3. The van der Waals surface area contributed by atoms with Gasteiger partial charge in [0.05, 0.1) is 22.0 Å². The highest BCUT2D eigenvalue weighted by Crippen LogP contribution is 2.36. The van der Waals surface area contributed by atoms with Crippen LogP contribution in [0.1, 0.15) is 11.1 Å². The van der Waals surface area contributed by atoms with Gasteiger partial charge < -0.3 is 4.98 Å². The summed E-state index contributed by atoms with van der Waals surface area (Å²) < 4.78 is 24.2. The van der Waals surface area contributed by atoms with Gasteiger partial charge in [0.1, 0.15) is 0 Å². The van der Waals surface area contributed by atoms with Gasteiger partial charge in [-0.05, 0) is 25.0 Å². The minimum absolute atomic E-state index is 0.0818. The van der Waals surface area contributed by atoms with Crippen molar-refractivity contribution in [1.82, 2.24) is 20.2 Å². The molecule has 0 saturated heterocycles. The molecule has 0 fully saturated rings. The Kier molecular flexibility index (Phi) is 3.23. The molecule has 0 unspecified atom stereocenters. The predicted molar refractivity (Wildman–Crippen MR) is 83.6 cm³/mol. The van der Waals surface area contributed by atoms with E-state index in [2.05, 4.69) is 20.2 Å². The zero-order valence-corrected chi connectivity index (χ0v) is 13.0. The van der Waals surface area contributed by atoms with E-state index in [1.54, 1.807) is 6.92 Å². The fourth-order valence-electron chi connectivity index (χ4n) is 2.81. The highest BCUT2D eigenvalue weighted by Gasteiger charge is 2.25. The molecule has 0 atom stereocenters. The molecule has 3 rings (SSSR count). The predicted octanol–water partition coefficient (Wildman–Crippen LogP) is -0.129. The number of primary sulfonamides is 1. The molecule has 1 aromatic carbocycles. The minimum atomic E-state index is -4.12. The van der Waals surface area contributed by atoms with Gasteiger partial charge in [0.25, 0.3) is 5.56 Å². The van der Waals surface area contributed by atoms with E-state index in [1.807, 2.05) is 0 Å². The maximum absolute atomic E-state index is 12.1. The lowest BCUT2D eigenvalue weighted by atomic mass is 9.96. The van der Waals surface area contributed by atoms with Crippen LogP contribution in [-0.2, 0) is 10.0 Å². The number of hydrogen-bond acceptors (Lipinski definition) is 5. The van der Waals surface area contributed by atoms with Crippen molar-refractivity contribution in [2.45, 2.75) is 18.7 Å². The number of aromatic amines is 3. The number of aromatic nitrogens is 4. The highest BCUT2D eigenvalue weighted by molar-refractivity contribution is 7.89. The lowest BCUT2D eigenvalue weighted by molar-refractivity contribution is 0.597. The molecule has 0 radical (unpaired) electrons. The first kappa shape index (κ1) is 15.2. The molecule has 0 aliphatic heterocycles. The van der Waals surface area contributed by atoms with Gasteiger partial charge in [0.2, 0.25) is 10.0 Å². The van der Waals surface area contributed by atoms with E-state index >= 15 is 0 Å². The van der Waals surface area contributed by atoms with Crippen LogP contribution in [-0.4, -0.2) is 28.6 Å². The second-order valence-corrected chi connectivity index (χ2v) is 6.64. The third kappa shape index (κ3) is 2.28. The van der Waals surface area contributed by atoms with Crippen LogP contribution < -0.4 is 16.4 Å². The summed E-state index contributed by atoms with van der Waals surface area (Å²) in [5.74, 6) is 0. The molecule has 2 aromatic heterocycles. The molecule has 9 nitrogen and oxygen atoms in total. The highest BCUT2D eigenvalue weighted by atomic mass is 32.2. The zero-order valence-electron chi connectivity index (χ0n) is 12.2. The Bertz CT molecular complexity index is 1140. The standard InChI is InChI=1S/C13H13N5O4S/c1-5-8(7-3-15-16-4-7)11(23(14,21)22)6(2)9-10(5)17-13(20)18-12(9)19/h3-4H,1-2H3,(H,15,16)(H2,14,21,22)(H2,17,18,19,20). The molecular formula is C13H13N5O4S. The van der Waals surface area contributed by atoms with Gasteiger partial charge in [0.15, 0.2) is 0 Å². The quantitative estimate of drug-likeness (QED) is 0.513. The van der Waals surface area contributed by atoms with Crippen LogP contribution in [0.2, 0.25) is 0 Å². The van der Waals surface area contributed by atoms with Gasteiger partial charge in [-0.1, -0.05) is 0 Å². The average Bonchev–Trinajstić information content (AvgIpc) is 2.93. The summed E-state index contributed by atoms with van der Waals surface area (Å²) in [5.41, 5.74) is 0.283. The topological polar surface area (TPSA) is 155 Å². The Morgan fingerprint density at radius 2 is 1.83 bits per heavy atom. The lowest BCUT2D eigenvalue weighted by Gasteiger charge is -2.16. The van der Waals surface area contributed by atoms with E-state index in [9.17, 15) is 18.0 Å². The van der Waals surface area contributed by atoms with E-state index in [0.717, 1.165) is 0 Å². The Balaban J connectivity index is 2.69. The van der Waals surface area contributed by atoms with E-state index < -0.39 is 21.3 Å². The number of nitrogens with two attached hydrogens (primary N) is 1. The van der Waals surface area contributed by atoms with Crippen LogP contribution in [0.4, 0.5) is 0 Å². The second-order valence-electron chi connectivity index (χ2n) is 5.14. The molecule has 0 bridgehead atoms. The summed E-state index contributed by atoms with van der Waals surface area (Å²) in [6.07, 6.45) is 2.95. The molecule has 23 heavy (non-hydrogen) atoms. The smallest absolute Gasteiger partial charge is 0.307 e. The Morgan fingerprint density at radius 1 is 1.13 bits per heavy atom. The monoisotopic (exact) mass is 335 g/mol. The molecule has 0 spiro atoms. The summed E-state index contributed by atoms with van der Waals surface area (Å²) in [5, 5.41) is 11.8. The first-order valence-corrected chi connectivity index (χ1v) is 8.08. The van der Waals surface area contributed by atoms with Crippen LogP contribution in [0.3, 0.4) is 0 Å². The average molecular weight is 335 g/mol. The van der Waals surface area contributed by atoms with Crippen LogP contribution in [0.25, 0.3) is 22.0 Å². The van der Waals surface area contributed by atoms with Gasteiger partial charge in [0, 0.05) is 17.3 Å². The Labute approximate surface area is 129 Å². The summed E-state index contributed by atoms with van der Waals surface area (Å²) in [6, 6.07) is 0. The van der Waals surface area contributed by atoms with Crippen LogP contribution in [0, 0.1) is 13.8 Å². The van der Waals surface area contributed by atoms with Crippen molar-refractivity contribution >= 4 is 20.9 Å². The molecule has 5 N–H and O–H groups in total. The molecule has 0 aliphatic carbocycles. The van der Waals surface area contributed by atoms with Crippen molar-refractivity contribution < 1.29 is 8.42 Å². The number of H-pyrrole nitrogens is 3. The molecule has 0 aliphatic rings. The number of fused-ring (bicyclic) bond motifs is 1. The van der Waals surface area contributed by atoms with Gasteiger partial charge in [-0.15, -0.1) is 0 Å². The molecular weight excluding hydrogens is 322 g/mol. The maximum Gasteiger partial charge on any atom is 0.326 e. The van der Waals surface area contributed by atoms with Crippen molar-refractivity contribution in [3.63, 3.8) is 0 Å². The number of nitrogens with zero attached hydrogens (tertiary/aromatic N) is 1. The van der Waals surface area contributed by atoms with Crippen molar-refractivity contribution in [2.24, 2.45) is 5.14 Å². The van der Waals surface area contributed by atoms with E-state index in [1.165, 1.54) is 19.3 Å². The van der Waals surface area contributed by atoms with Crippen LogP contribution in [0.5, 0.6) is 0 Å². The first-order valence-electron chi connectivity index (χ1n) is 6.53. The first-order chi connectivity index (χ1) is 10.7. The number of sulfonamides is 1. The van der Waals surface area contributed by atoms with Crippen molar-refractivity contribution in [1.29, 1.82) is 0 Å². The summed E-state index contributed by atoms with van der Waals surface area (Å²) in [4.78, 5) is 28.2. The molecule has 3 aromatic rings. The van der Waals surface area contributed by atoms with Gasteiger partial charge in [-0.2, -0.15) is 5.10 Å². The van der Waals surface area contributed by atoms with Gasteiger partial charge in [-0.3, -0.25) is 14.9 Å². The summed E-state index contributed by atoms with van der Waals surface area (Å²) in [6.45, 7) is 3.08. The van der Waals surface area contributed by atoms with Gasteiger partial charge >= 0.3 is 5.69 Å². The minimum Gasteiger partial charge on any atom is -0.307 e. The number of rotatable bonds is 2. The number of benzene rings is 1.